The molecular weight excluding hydrogens is 378 g/mol. The number of aliphatic carboxylic acids is 1. The number of hydrogen-bond donors (Lipinski definition) is 2. The van der Waals surface area contributed by atoms with E-state index in [0.717, 1.165) is 23.1 Å². The van der Waals surface area contributed by atoms with Crippen LogP contribution in [-0.2, 0) is 24.4 Å². The number of carbonyl (C=O) groups is 1. The Morgan fingerprint density at radius 1 is 0.800 bits per heavy atom. The molecule has 0 aliphatic rings. The molecule has 1 atom stereocenters. The Morgan fingerprint density at radius 2 is 1.37 bits per heavy atom. The molecule has 156 valence electrons. The first-order valence-electron chi connectivity index (χ1n) is 10.1. The quantitative estimate of drug-likeness (QED) is 0.488. The van der Waals surface area contributed by atoms with Crippen molar-refractivity contribution in [1.29, 1.82) is 0 Å². The van der Waals surface area contributed by atoms with Crippen molar-refractivity contribution in [2.75, 3.05) is 0 Å². The lowest BCUT2D eigenvalue weighted by Crippen LogP contribution is -2.29. The SMILES string of the molecule is N[C@H](CCCc1ccc(OCc2ccccc2)c(OCc2ccccc2)c1)C(=O)O. The number of ether oxygens (including phenoxy) is 2. The Kier molecular flexibility index (Phi) is 7.86. The maximum absolute atomic E-state index is 10.9. The number of hydrogen-bond acceptors (Lipinski definition) is 4. The van der Waals surface area contributed by atoms with E-state index in [1.54, 1.807) is 0 Å². The summed E-state index contributed by atoms with van der Waals surface area (Å²) in [7, 11) is 0. The first-order chi connectivity index (χ1) is 14.6. The van der Waals surface area contributed by atoms with Gasteiger partial charge in [0.2, 0.25) is 0 Å². The van der Waals surface area contributed by atoms with Gasteiger partial charge in [0, 0.05) is 0 Å². The molecule has 0 aliphatic carbocycles. The molecule has 30 heavy (non-hydrogen) atoms. The maximum atomic E-state index is 10.9. The number of carboxylic acid groups (broad SMARTS) is 1. The molecule has 0 unspecified atom stereocenters. The van der Waals surface area contributed by atoms with Gasteiger partial charge in [0.05, 0.1) is 0 Å². The summed E-state index contributed by atoms with van der Waals surface area (Å²) in [4.78, 5) is 10.9. The molecule has 0 saturated carbocycles. The van der Waals surface area contributed by atoms with Crippen LogP contribution in [0.2, 0.25) is 0 Å². The van der Waals surface area contributed by atoms with Gasteiger partial charge >= 0.3 is 5.97 Å². The third kappa shape index (κ3) is 6.64. The minimum absolute atomic E-state index is 0.432. The fraction of sp³-hybridized carbons (Fsp3) is 0.240. The Balaban J connectivity index is 1.68. The molecule has 0 bridgehead atoms. The van der Waals surface area contributed by atoms with Crippen LogP contribution in [-0.4, -0.2) is 17.1 Å². The number of carboxylic acids is 1. The number of aryl methyl sites for hydroxylation is 1. The largest absolute Gasteiger partial charge is 0.485 e. The molecule has 0 amide bonds. The monoisotopic (exact) mass is 405 g/mol. The topological polar surface area (TPSA) is 81.8 Å². The van der Waals surface area contributed by atoms with E-state index in [1.165, 1.54) is 0 Å². The molecule has 0 saturated heterocycles. The van der Waals surface area contributed by atoms with Crippen LogP contribution < -0.4 is 15.2 Å². The minimum Gasteiger partial charge on any atom is -0.485 e. The van der Waals surface area contributed by atoms with Gasteiger partial charge in [0.25, 0.3) is 0 Å². The van der Waals surface area contributed by atoms with Gasteiger partial charge in [-0.05, 0) is 48.1 Å². The van der Waals surface area contributed by atoms with Gasteiger partial charge in [0.15, 0.2) is 11.5 Å². The molecule has 3 aromatic rings. The molecule has 0 spiro atoms. The van der Waals surface area contributed by atoms with Gasteiger partial charge in [0.1, 0.15) is 19.3 Å². The molecule has 5 nitrogen and oxygen atoms in total. The summed E-state index contributed by atoms with van der Waals surface area (Å²) in [5.74, 6) is 0.391. The van der Waals surface area contributed by atoms with Crippen molar-refractivity contribution in [3.05, 3.63) is 95.6 Å². The highest BCUT2D eigenvalue weighted by atomic mass is 16.5. The highest BCUT2D eigenvalue weighted by Gasteiger charge is 2.12. The second-order valence-corrected chi connectivity index (χ2v) is 7.17. The first kappa shape index (κ1) is 21.4. The Morgan fingerprint density at radius 3 is 1.93 bits per heavy atom. The van der Waals surface area contributed by atoms with Gasteiger partial charge in [-0.2, -0.15) is 0 Å². The second-order valence-electron chi connectivity index (χ2n) is 7.17. The van der Waals surface area contributed by atoms with E-state index < -0.39 is 12.0 Å². The number of benzene rings is 3. The minimum atomic E-state index is -0.966. The van der Waals surface area contributed by atoms with Crippen LogP contribution in [0.15, 0.2) is 78.9 Å². The summed E-state index contributed by atoms with van der Waals surface area (Å²) in [6.45, 7) is 0.894. The van der Waals surface area contributed by atoms with Crippen LogP contribution >= 0.6 is 0 Å². The van der Waals surface area contributed by atoms with E-state index in [1.807, 2.05) is 78.9 Å². The van der Waals surface area contributed by atoms with Gasteiger partial charge in [-0.15, -0.1) is 0 Å². The van der Waals surface area contributed by atoms with Crippen LogP contribution in [0.5, 0.6) is 11.5 Å². The summed E-state index contributed by atoms with van der Waals surface area (Å²) in [5, 5.41) is 8.93. The normalized spacial score (nSPS) is 11.6. The number of rotatable bonds is 11. The van der Waals surface area contributed by atoms with Gasteiger partial charge in [-0.3, -0.25) is 4.79 Å². The molecule has 3 N–H and O–H groups in total. The fourth-order valence-electron chi connectivity index (χ4n) is 3.06. The molecule has 0 aromatic heterocycles. The third-order valence-corrected chi connectivity index (χ3v) is 4.78. The predicted octanol–water partition coefficient (Wildman–Crippen LogP) is 4.58. The summed E-state index contributed by atoms with van der Waals surface area (Å²) in [5.41, 5.74) is 8.81. The molecule has 0 fully saturated rings. The smallest absolute Gasteiger partial charge is 0.320 e. The van der Waals surface area contributed by atoms with E-state index >= 15 is 0 Å². The Hall–Kier alpha value is -3.31. The zero-order valence-electron chi connectivity index (χ0n) is 16.9. The van der Waals surface area contributed by atoms with Crippen LogP contribution in [0.1, 0.15) is 29.5 Å². The Bertz CT molecular complexity index is 928. The first-order valence-corrected chi connectivity index (χ1v) is 10.1. The zero-order valence-corrected chi connectivity index (χ0v) is 16.9. The average Bonchev–Trinajstić information content (AvgIpc) is 2.78. The highest BCUT2D eigenvalue weighted by molar-refractivity contribution is 5.72. The van der Waals surface area contributed by atoms with Crippen LogP contribution in [0, 0.1) is 0 Å². The van der Waals surface area contributed by atoms with Gasteiger partial charge in [-0.25, -0.2) is 0 Å². The van der Waals surface area contributed by atoms with E-state index in [2.05, 4.69) is 0 Å². The van der Waals surface area contributed by atoms with E-state index in [9.17, 15) is 4.79 Å². The van der Waals surface area contributed by atoms with E-state index in [0.29, 0.717) is 37.6 Å². The Labute approximate surface area is 177 Å². The van der Waals surface area contributed by atoms with Crippen molar-refractivity contribution in [3.63, 3.8) is 0 Å². The van der Waals surface area contributed by atoms with Crippen molar-refractivity contribution < 1.29 is 19.4 Å². The van der Waals surface area contributed by atoms with Crippen molar-refractivity contribution in [3.8, 4) is 11.5 Å². The molecule has 3 aromatic carbocycles. The highest BCUT2D eigenvalue weighted by Crippen LogP contribution is 2.30. The fourth-order valence-corrected chi connectivity index (χ4v) is 3.06. The van der Waals surface area contributed by atoms with Gasteiger partial charge in [-0.1, -0.05) is 66.7 Å². The molecule has 0 heterocycles. The van der Waals surface area contributed by atoms with Gasteiger partial charge < -0.3 is 20.3 Å². The lowest BCUT2D eigenvalue weighted by molar-refractivity contribution is -0.138. The standard InChI is InChI=1S/C25H27NO4/c26-22(25(27)28)13-7-12-19-14-15-23(29-17-20-8-3-1-4-9-20)24(16-19)30-18-21-10-5-2-6-11-21/h1-6,8-11,14-16,22H,7,12-13,17-18,26H2,(H,27,28)/t22-/m1/s1. The third-order valence-electron chi connectivity index (χ3n) is 4.78. The van der Waals surface area contributed by atoms with E-state index in [-0.39, 0.29) is 0 Å². The predicted molar refractivity (Wildman–Crippen MR) is 117 cm³/mol. The van der Waals surface area contributed by atoms with Crippen LogP contribution in [0.4, 0.5) is 0 Å². The zero-order chi connectivity index (χ0) is 21.2. The van der Waals surface area contributed by atoms with E-state index in [4.69, 9.17) is 20.3 Å². The van der Waals surface area contributed by atoms with Crippen molar-refractivity contribution >= 4 is 5.97 Å². The van der Waals surface area contributed by atoms with Crippen molar-refractivity contribution in [2.45, 2.75) is 38.5 Å². The van der Waals surface area contributed by atoms with Crippen LogP contribution in [0.25, 0.3) is 0 Å². The summed E-state index contributed by atoms with van der Waals surface area (Å²) >= 11 is 0. The molecular formula is C25H27NO4. The summed E-state index contributed by atoms with van der Waals surface area (Å²) in [6.07, 6.45) is 1.85. The second kappa shape index (κ2) is 11.0. The summed E-state index contributed by atoms with van der Waals surface area (Å²) in [6, 6.07) is 25.0. The summed E-state index contributed by atoms with van der Waals surface area (Å²) < 4.78 is 12.1. The van der Waals surface area contributed by atoms with Crippen molar-refractivity contribution in [2.24, 2.45) is 5.73 Å². The van der Waals surface area contributed by atoms with Crippen LogP contribution in [0.3, 0.4) is 0 Å². The maximum Gasteiger partial charge on any atom is 0.320 e. The average molecular weight is 405 g/mol. The lowest BCUT2D eigenvalue weighted by atomic mass is 10.0. The molecule has 0 aliphatic heterocycles. The molecule has 0 radical (unpaired) electrons. The lowest BCUT2D eigenvalue weighted by Gasteiger charge is -2.15. The molecule has 5 heteroatoms. The molecule has 3 rings (SSSR count). The number of nitrogens with two attached hydrogens (primary N) is 1. The van der Waals surface area contributed by atoms with Crippen molar-refractivity contribution in [1.82, 2.24) is 0 Å².